The van der Waals surface area contributed by atoms with E-state index in [0.29, 0.717) is 17.0 Å². The number of fused-ring (bicyclic) bond motifs is 1. The molecule has 5 heteroatoms. The minimum Gasteiger partial charge on any atom is -0.481 e. The zero-order chi connectivity index (χ0) is 13.6. The van der Waals surface area contributed by atoms with E-state index in [1.807, 2.05) is 6.07 Å². The Hall–Kier alpha value is -1.39. The van der Waals surface area contributed by atoms with Crippen LogP contribution in [0.3, 0.4) is 0 Å². The lowest BCUT2D eigenvalue weighted by Crippen LogP contribution is -2.35. The molecule has 100 valence electrons. The Morgan fingerprint density at radius 3 is 2.68 bits per heavy atom. The number of nitrogens with zero attached hydrogens (tertiary/aromatic N) is 2. The van der Waals surface area contributed by atoms with Crippen LogP contribution in [0.1, 0.15) is 25.3 Å². The molecule has 1 aliphatic rings. The van der Waals surface area contributed by atoms with E-state index in [1.54, 1.807) is 19.5 Å². The number of hydrogen-bond donors (Lipinski definition) is 1. The van der Waals surface area contributed by atoms with Gasteiger partial charge in [0.25, 0.3) is 0 Å². The van der Waals surface area contributed by atoms with Crippen molar-refractivity contribution in [3.63, 3.8) is 0 Å². The molecule has 3 rings (SSSR count). The quantitative estimate of drug-likeness (QED) is 0.877. The van der Waals surface area contributed by atoms with Crippen molar-refractivity contribution in [2.75, 3.05) is 7.11 Å². The van der Waals surface area contributed by atoms with Gasteiger partial charge in [0, 0.05) is 17.9 Å². The lowest BCUT2D eigenvalue weighted by Gasteiger charge is -2.26. The summed E-state index contributed by atoms with van der Waals surface area (Å²) >= 11 is 6.02. The van der Waals surface area contributed by atoms with Crippen LogP contribution in [-0.2, 0) is 5.54 Å². The number of nitrogens with two attached hydrogens (primary N) is 1. The van der Waals surface area contributed by atoms with Crippen LogP contribution in [-0.4, -0.2) is 17.1 Å². The van der Waals surface area contributed by atoms with Gasteiger partial charge in [-0.15, -0.1) is 0 Å². The molecule has 2 N–H and O–H groups in total. The summed E-state index contributed by atoms with van der Waals surface area (Å²) in [6.07, 6.45) is 5.82. The summed E-state index contributed by atoms with van der Waals surface area (Å²) in [5, 5.41) is 2.28. The summed E-state index contributed by atoms with van der Waals surface area (Å²) in [4.78, 5) is 8.45. The van der Waals surface area contributed by atoms with E-state index in [-0.39, 0.29) is 5.54 Å². The average molecular weight is 278 g/mol. The molecule has 0 unspecified atom stereocenters. The minimum absolute atomic E-state index is 0.387. The van der Waals surface area contributed by atoms with Gasteiger partial charge >= 0.3 is 0 Å². The molecular formula is C14H16ClN3O. The summed E-state index contributed by atoms with van der Waals surface area (Å²) in [6.45, 7) is 2.06. The molecule has 0 aromatic carbocycles. The van der Waals surface area contributed by atoms with E-state index >= 15 is 0 Å². The molecule has 0 aliphatic heterocycles. The van der Waals surface area contributed by atoms with E-state index < -0.39 is 0 Å². The number of methoxy groups -OCH3 is 1. The number of ether oxygens (including phenoxy) is 1. The average Bonchev–Trinajstić information content (AvgIpc) is 3.21. The van der Waals surface area contributed by atoms with Crippen LogP contribution in [0.5, 0.6) is 5.88 Å². The van der Waals surface area contributed by atoms with E-state index in [9.17, 15) is 0 Å². The van der Waals surface area contributed by atoms with Gasteiger partial charge in [-0.25, -0.2) is 9.97 Å². The van der Waals surface area contributed by atoms with Crippen LogP contribution in [0.25, 0.3) is 10.8 Å². The summed E-state index contributed by atoms with van der Waals surface area (Å²) < 4.78 is 5.28. The predicted octanol–water partition coefficient (Wildman–Crippen LogP) is 2.88. The summed E-state index contributed by atoms with van der Waals surface area (Å²) in [7, 11) is 1.60. The molecule has 19 heavy (non-hydrogen) atoms. The molecule has 2 aromatic heterocycles. The van der Waals surface area contributed by atoms with Crippen LogP contribution in [0.2, 0.25) is 5.15 Å². The highest BCUT2D eigenvalue weighted by molar-refractivity contribution is 6.30. The molecular weight excluding hydrogens is 262 g/mol. The first-order valence-electron chi connectivity index (χ1n) is 6.31. The Kier molecular flexibility index (Phi) is 2.87. The molecule has 0 spiro atoms. The Morgan fingerprint density at radius 2 is 2.05 bits per heavy atom. The number of halogens is 1. The molecule has 0 amide bonds. The van der Waals surface area contributed by atoms with Gasteiger partial charge < -0.3 is 10.5 Å². The van der Waals surface area contributed by atoms with Gasteiger partial charge in [-0.2, -0.15) is 0 Å². The first-order chi connectivity index (χ1) is 9.04. The van der Waals surface area contributed by atoms with Crippen molar-refractivity contribution in [2.45, 2.75) is 25.3 Å². The second kappa shape index (κ2) is 4.32. The predicted molar refractivity (Wildman–Crippen MR) is 75.4 cm³/mol. The zero-order valence-corrected chi connectivity index (χ0v) is 11.7. The third-order valence-electron chi connectivity index (χ3n) is 3.90. The Labute approximate surface area is 116 Å². The maximum absolute atomic E-state index is 6.51. The van der Waals surface area contributed by atoms with Crippen molar-refractivity contribution in [3.8, 4) is 5.88 Å². The summed E-state index contributed by atoms with van der Waals surface area (Å²) in [5.41, 5.74) is 7.13. The fourth-order valence-electron chi connectivity index (χ4n) is 2.58. The van der Waals surface area contributed by atoms with Crippen molar-refractivity contribution >= 4 is 22.4 Å². The molecule has 1 atom stereocenters. The fourth-order valence-corrected chi connectivity index (χ4v) is 2.74. The van der Waals surface area contributed by atoms with Crippen LogP contribution in [0.4, 0.5) is 0 Å². The van der Waals surface area contributed by atoms with Gasteiger partial charge in [-0.05, 0) is 42.7 Å². The third-order valence-corrected chi connectivity index (χ3v) is 4.11. The molecule has 0 radical (unpaired) electrons. The summed E-state index contributed by atoms with van der Waals surface area (Å²) in [5.74, 6) is 1.06. The van der Waals surface area contributed by atoms with Gasteiger partial charge in [0.05, 0.1) is 12.5 Å². The van der Waals surface area contributed by atoms with Gasteiger partial charge in [-0.1, -0.05) is 11.6 Å². The molecule has 0 bridgehead atoms. The maximum atomic E-state index is 6.51. The van der Waals surface area contributed by atoms with Gasteiger partial charge in [0.2, 0.25) is 5.88 Å². The highest BCUT2D eigenvalue weighted by Gasteiger charge is 2.41. The molecule has 4 nitrogen and oxygen atoms in total. The molecule has 2 aromatic rings. The van der Waals surface area contributed by atoms with E-state index in [2.05, 4.69) is 16.9 Å². The Morgan fingerprint density at radius 1 is 1.32 bits per heavy atom. The zero-order valence-electron chi connectivity index (χ0n) is 11.0. The first-order valence-corrected chi connectivity index (χ1v) is 6.69. The number of pyridine rings is 2. The number of rotatable bonds is 3. The van der Waals surface area contributed by atoms with Crippen LogP contribution >= 0.6 is 11.6 Å². The Balaban J connectivity index is 2.27. The highest BCUT2D eigenvalue weighted by Crippen LogP contribution is 2.46. The lowest BCUT2D eigenvalue weighted by atomic mass is 9.86. The smallest absolute Gasteiger partial charge is 0.222 e. The number of aromatic nitrogens is 2. The van der Waals surface area contributed by atoms with Crippen molar-refractivity contribution in [1.82, 2.24) is 9.97 Å². The SMILES string of the molecule is COc1ncc([C@](C)(N)C2CC2)c2cc(Cl)ncc12. The summed E-state index contributed by atoms with van der Waals surface area (Å²) in [6, 6.07) is 1.84. The highest BCUT2D eigenvalue weighted by atomic mass is 35.5. The van der Waals surface area contributed by atoms with E-state index in [0.717, 1.165) is 16.3 Å². The van der Waals surface area contributed by atoms with Crippen LogP contribution in [0, 0.1) is 5.92 Å². The van der Waals surface area contributed by atoms with Gasteiger partial charge in [0.1, 0.15) is 5.15 Å². The maximum Gasteiger partial charge on any atom is 0.222 e. The van der Waals surface area contributed by atoms with Crippen molar-refractivity contribution in [3.05, 3.63) is 29.2 Å². The molecule has 0 saturated heterocycles. The fraction of sp³-hybridized carbons (Fsp3) is 0.429. The largest absolute Gasteiger partial charge is 0.481 e. The minimum atomic E-state index is -0.387. The second-order valence-electron chi connectivity index (χ2n) is 5.29. The Bertz CT molecular complexity index is 638. The van der Waals surface area contributed by atoms with Crippen molar-refractivity contribution in [2.24, 2.45) is 11.7 Å². The second-order valence-corrected chi connectivity index (χ2v) is 5.68. The van der Waals surface area contributed by atoms with E-state index in [1.165, 1.54) is 12.8 Å². The normalized spacial score (nSPS) is 18.3. The third kappa shape index (κ3) is 2.05. The van der Waals surface area contributed by atoms with Crippen molar-refractivity contribution in [1.29, 1.82) is 0 Å². The van der Waals surface area contributed by atoms with E-state index in [4.69, 9.17) is 22.1 Å². The number of hydrogen-bond acceptors (Lipinski definition) is 4. The van der Waals surface area contributed by atoms with Gasteiger partial charge in [-0.3, -0.25) is 0 Å². The molecule has 1 saturated carbocycles. The molecule has 1 aliphatic carbocycles. The van der Waals surface area contributed by atoms with Crippen molar-refractivity contribution < 1.29 is 4.74 Å². The monoisotopic (exact) mass is 277 g/mol. The topological polar surface area (TPSA) is 61.0 Å². The lowest BCUT2D eigenvalue weighted by molar-refractivity contribution is 0.399. The van der Waals surface area contributed by atoms with Crippen LogP contribution < -0.4 is 10.5 Å². The van der Waals surface area contributed by atoms with Crippen LogP contribution in [0.15, 0.2) is 18.5 Å². The standard InChI is InChI=1S/C14H16ClN3O/c1-14(16,8-3-4-8)11-7-18-13(19-2)10-6-17-12(15)5-9(10)11/h5-8H,3-4,16H2,1-2H3/t14-/m1/s1. The molecule has 1 fully saturated rings. The van der Waals surface area contributed by atoms with Gasteiger partial charge in [0.15, 0.2) is 0 Å². The first kappa shape index (κ1) is 12.6. The molecule has 2 heterocycles.